The lowest BCUT2D eigenvalue weighted by molar-refractivity contribution is -0.185. The smallest absolute Gasteiger partial charge is 0.255 e. The summed E-state index contributed by atoms with van der Waals surface area (Å²) in [6.45, 7) is 4.40. The molecular formula is C18H24N4O3. The molecule has 1 aromatic heterocycles. The first-order valence-electron chi connectivity index (χ1n) is 9.08. The Kier molecular flexibility index (Phi) is 4.19. The Morgan fingerprint density at radius 2 is 2.08 bits per heavy atom. The van der Waals surface area contributed by atoms with E-state index in [0.29, 0.717) is 24.6 Å². The Morgan fingerprint density at radius 3 is 2.72 bits per heavy atom. The Balaban J connectivity index is 1.43. The van der Waals surface area contributed by atoms with Gasteiger partial charge in [0.25, 0.3) is 5.91 Å². The molecule has 1 saturated carbocycles. The molecule has 2 saturated heterocycles. The van der Waals surface area contributed by atoms with Crippen molar-refractivity contribution in [2.24, 2.45) is 5.92 Å². The fourth-order valence-electron chi connectivity index (χ4n) is 4.00. The Morgan fingerprint density at radius 1 is 1.32 bits per heavy atom. The Hall–Kier alpha value is -2.02. The number of carbonyl (C=O) groups excluding carboxylic acids is 2. The molecule has 1 spiro atoms. The van der Waals surface area contributed by atoms with Gasteiger partial charge in [0.15, 0.2) is 0 Å². The minimum Gasteiger partial charge on any atom is -0.363 e. The molecule has 1 aromatic rings. The first-order chi connectivity index (χ1) is 12.1. The number of hydrogen-bond donors (Lipinski definition) is 0. The maximum Gasteiger partial charge on any atom is 0.255 e. The molecule has 1 aliphatic carbocycles. The van der Waals surface area contributed by atoms with E-state index < -0.39 is 0 Å². The summed E-state index contributed by atoms with van der Waals surface area (Å²) in [5.41, 5.74) is 0.241. The maximum atomic E-state index is 12.6. The molecule has 7 nitrogen and oxygen atoms in total. The zero-order chi connectivity index (χ0) is 17.4. The van der Waals surface area contributed by atoms with Crippen LogP contribution in [0.25, 0.3) is 0 Å². The number of nitrogens with zero attached hydrogens (tertiary/aromatic N) is 4. The van der Waals surface area contributed by atoms with Crippen LogP contribution in [0, 0.1) is 5.92 Å². The van der Waals surface area contributed by atoms with Crippen molar-refractivity contribution < 1.29 is 14.3 Å². The predicted octanol–water partition coefficient (Wildman–Crippen LogP) is 1.11. The van der Waals surface area contributed by atoms with E-state index in [4.69, 9.17) is 4.74 Å². The van der Waals surface area contributed by atoms with E-state index in [1.165, 1.54) is 25.2 Å². The van der Waals surface area contributed by atoms with Crippen molar-refractivity contribution in [3.63, 3.8) is 0 Å². The molecule has 0 radical (unpaired) electrons. The lowest BCUT2D eigenvalue weighted by Crippen LogP contribution is -2.64. The number of aromatic nitrogens is 2. The van der Waals surface area contributed by atoms with Gasteiger partial charge in [-0.1, -0.05) is 0 Å². The summed E-state index contributed by atoms with van der Waals surface area (Å²) in [5.74, 6) is 0.757. The highest BCUT2D eigenvalue weighted by Crippen LogP contribution is 2.38. The fraction of sp³-hybridized carbons (Fsp3) is 0.667. The van der Waals surface area contributed by atoms with Crippen LogP contribution in [0.15, 0.2) is 18.5 Å². The number of carbonyl (C=O) groups is 2. The van der Waals surface area contributed by atoms with Gasteiger partial charge >= 0.3 is 0 Å². The van der Waals surface area contributed by atoms with Crippen LogP contribution in [-0.2, 0) is 9.53 Å². The standard InChI is InChI=1S/C18H24N4O3/c1-13-18(25-12-16(23)22(13)11-14-2-3-14)5-8-21(9-6-18)17(24)15-4-7-19-20-10-15/h4,7,10,13-14H,2-3,5-6,8-9,11-12H2,1H3. The molecule has 0 N–H and O–H groups in total. The molecule has 3 fully saturated rings. The summed E-state index contributed by atoms with van der Waals surface area (Å²) in [6, 6.07) is 1.75. The molecule has 7 heteroatoms. The van der Waals surface area contributed by atoms with E-state index in [9.17, 15) is 9.59 Å². The topological polar surface area (TPSA) is 75.6 Å². The summed E-state index contributed by atoms with van der Waals surface area (Å²) in [6.07, 6.45) is 7.01. The fourth-order valence-corrected chi connectivity index (χ4v) is 4.00. The van der Waals surface area contributed by atoms with Gasteiger partial charge in [0.2, 0.25) is 5.91 Å². The highest BCUT2D eigenvalue weighted by molar-refractivity contribution is 5.93. The zero-order valence-corrected chi connectivity index (χ0v) is 14.6. The monoisotopic (exact) mass is 344 g/mol. The molecular weight excluding hydrogens is 320 g/mol. The van der Waals surface area contributed by atoms with Gasteiger partial charge in [0.1, 0.15) is 6.61 Å². The van der Waals surface area contributed by atoms with Crippen molar-refractivity contribution in [3.8, 4) is 0 Å². The van der Waals surface area contributed by atoms with E-state index in [1.807, 2.05) is 9.80 Å². The number of rotatable bonds is 3. The first-order valence-corrected chi connectivity index (χ1v) is 9.08. The average Bonchev–Trinajstić information content (AvgIpc) is 3.47. The molecule has 134 valence electrons. The van der Waals surface area contributed by atoms with Gasteiger partial charge in [0.05, 0.1) is 29.6 Å². The van der Waals surface area contributed by atoms with Crippen molar-refractivity contribution in [1.82, 2.24) is 20.0 Å². The number of hydrogen-bond acceptors (Lipinski definition) is 5. The second-order valence-electron chi connectivity index (χ2n) is 7.44. The average molecular weight is 344 g/mol. The highest BCUT2D eigenvalue weighted by Gasteiger charge is 2.49. The van der Waals surface area contributed by atoms with Crippen LogP contribution in [0.5, 0.6) is 0 Å². The SMILES string of the molecule is CC1N(CC2CC2)C(=O)COC12CCN(C(=O)c1ccnnc1)CC2. The van der Waals surface area contributed by atoms with Gasteiger partial charge in [-0.2, -0.15) is 10.2 Å². The number of piperidine rings is 1. The van der Waals surface area contributed by atoms with Crippen molar-refractivity contribution in [2.75, 3.05) is 26.2 Å². The molecule has 4 rings (SSSR count). The first kappa shape index (κ1) is 16.4. The third kappa shape index (κ3) is 3.13. The van der Waals surface area contributed by atoms with E-state index in [1.54, 1.807) is 6.07 Å². The van der Waals surface area contributed by atoms with Gasteiger partial charge < -0.3 is 14.5 Å². The third-order valence-corrected chi connectivity index (χ3v) is 5.91. The van der Waals surface area contributed by atoms with Crippen LogP contribution in [0.3, 0.4) is 0 Å². The quantitative estimate of drug-likeness (QED) is 0.821. The summed E-state index contributed by atoms with van der Waals surface area (Å²) in [7, 11) is 0. The van der Waals surface area contributed by atoms with Crippen LogP contribution in [0.1, 0.15) is 43.0 Å². The summed E-state index contributed by atoms with van der Waals surface area (Å²) >= 11 is 0. The third-order valence-electron chi connectivity index (χ3n) is 5.91. The molecule has 25 heavy (non-hydrogen) atoms. The van der Waals surface area contributed by atoms with E-state index in [2.05, 4.69) is 17.1 Å². The van der Waals surface area contributed by atoms with Crippen LogP contribution >= 0.6 is 0 Å². The van der Waals surface area contributed by atoms with Crippen molar-refractivity contribution in [3.05, 3.63) is 24.0 Å². The number of amides is 2. The van der Waals surface area contributed by atoms with Crippen LogP contribution in [-0.4, -0.2) is 69.7 Å². The number of morpholine rings is 1. The van der Waals surface area contributed by atoms with Crippen molar-refractivity contribution in [2.45, 2.75) is 44.2 Å². The minimum atomic E-state index is -0.323. The van der Waals surface area contributed by atoms with Gasteiger partial charge in [-0.3, -0.25) is 9.59 Å². The molecule has 2 aliphatic heterocycles. The van der Waals surface area contributed by atoms with Crippen LogP contribution in [0.4, 0.5) is 0 Å². The second-order valence-corrected chi connectivity index (χ2v) is 7.44. The normalized spacial score (nSPS) is 26.1. The molecule has 0 bridgehead atoms. The van der Waals surface area contributed by atoms with Gasteiger partial charge in [-0.15, -0.1) is 0 Å². The Bertz CT molecular complexity index is 654. The molecule has 2 amide bonds. The molecule has 3 heterocycles. The largest absolute Gasteiger partial charge is 0.363 e. The van der Waals surface area contributed by atoms with Gasteiger partial charge in [-0.05, 0) is 44.6 Å². The highest BCUT2D eigenvalue weighted by atomic mass is 16.5. The lowest BCUT2D eigenvalue weighted by Gasteiger charge is -2.51. The molecule has 0 aromatic carbocycles. The van der Waals surface area contributed by atoms with E-state index >= 15 is 0 Å². The van der Waals surface area contributed by atoms with Gasteiger partial charge in [0, 0.05) is 19.6 Å². The summed E-state index contributed by atoms with van der Waals surface area (Å²) in [4.78, 5) is 28.7. The zero-order valence-electron chi connectivity index (χ0n) is 14.6. The second kappa shape index (κ2) is 6.37. The molecule has 3 aliphatic rings. The summed E-state index contributed by atoms with van der Waals surface area (Å²) in [5, 5.41) is 7.50. The van der Waals surface area contributed by atoms with Crippen molar-refractivity contribution in [1.29, 1.82) is 0 Å². The molecule has 1 unspecified atom stereocenters. The predicted molar refractivity (Wildman–Crippen MR) is 89.8 cm³/mol. The van der Waals surface area contributed by atoms with Crippen LogP contribution < -0.4 is 0 Å². The van der Waals surface area contributed by atoms with Crippen LogP contribution in [0.2, 0.25) is 0 Å². The number of ether oxygens (including phenoxy) is 1. The number of likely N-dealkylation sites (tertiary alicyclic amines) is 1. The lowest BCUT2D eigenvalue weighted by atomic mass is 9.82. The minimum absolute atomic E-state index is 0.0147. The Labute approximate surface area is 147 Å². The molecule has 1 atom stereocenters. The maximum absolute atomic E-state index is 12.6. The van der Waals surface area contributed by atoms with Crippen molar-refractivity contribution >= 4 is 11.8 Å². The van der Waals surface area contributed by atoms with E-state index in [0.717, 1.165) is 19.4 Å². The van der Waals surface area contributed by atoms with Gasteiger partial charge in [-0.25, -0.2) is 0 Å². The van der Waals surface area contributed by atoms with E-state index in [-0.39, 0.29) is 30.1 Å². The summed E-state index contributed by atoms with van der Waals surface area (Å²) < 4.78 is 6.05.